The Balaban J connectivity index is 3.04. The van der Waals surface area contributed by atoms with Gasteiger partial charge in [0, 0.05) is 17.7 Å². The zero-order chi connectivity index (χ0) is 24.5. The van der Waals surface area contributed by atoms with Crippen LogP contribution >= 0.6 is 24.4 Å². The molecule has 0 aliphatic rings. The monoisotopic (exact) mass is 503 g/mol. The number of benzene rings is 1. The second kappa shape index (κ2) is 11.5. The van der Waals surface area contributed by atoms with E-state index in [-0.39, 0.29) is 22.7 Å². The smallest absolute Gasteiger partial charge is 0.352 e. The molecule has 0 bridgehead atoms. The standard InChI is InChI=1S/C15H15F6N7O2S2/c1-8(24-26-12(31)22-6-14(16,17)18)11(9-2-4-10(5-3-9)28(29)30)25-27-13(32)23-7-15(19,20)21/h2-5H,6-7H2,1H3,(H2,22,26,31)(H2,23,27,32)/b24-8+,25-11-. The second-order valence-corrected chi connectivity index (χ2v) is 6.60. The quantitative estimate of drug-likeness (QED) is 0.148. The van der Waals surface area contributed by atoms with E-state index < -0.39 is 40.6 Å². The number of rotatable bonds is 7. The van der Waals surface area contributed by atoms with Crippen LogP contribution in [0.2, 0.25) is 0 Å². The molecule has 4 N–H and O–H groups in total. The van der Waals surface area contributed by atoms with Gasteiger partial charge in [0.2, 0.25) is 0 Å². The predicted octanol–water partition coefficient (Wildman–Crippen LogP) is 2.73. The van der Waals surface area contributed by atoms with Crippen LogP contribution < -0.4 is 21.5 Å². The molecule has 9 nitrogen and oxygen atoms in total. The van der Waals surface area contributed by atoms with E-state index in [1.165, 1.54) is 19.1 Å². The van der Waals surface area contributed by atoms with E-state index in [1.807, 2.05) is 10.6 Å². The first-order valence-electron chi connectivity index (χ1n) is 8.26. The molecule has 0 saturated heterocycles. The number of non-ortho nitro benzene ring substituents is 1. The Morgan fingerprint density at radius 2 is 1.38 bits per heavy atom. The van der Waals surface area contributed by atoms with Crippen LogP contribution in [0.5, 0.6) is 0 Å². The van der Waals surface area contributed by atoms with Gasteiger partial charge in [-0.1, -0.05) is 0 Å². The summed E-state index contributed by atoms with van der Waals surface area (Å²) in [5, 5.41) is 21.2. The fourth-order valence-corrected chi connectivity index (χ4v) is 2.07. The van der Waals surface area contributed by atoms with Crippen LogP contribution in [-0.2, 0) is 0 Å². The molecule has 0 aliphatic heterocycles. The molecule has 1 aromatic carbocycles. The number of hydrogen-bond donors (Lipinski definition) is 4. The second-order valence-electron chi connectivity index (χ2n) is 5.78. The minimum atomic E-state index is -4.53. The molecule has 0 radical (unpaired) electrons. The number of nitro groups is 1. The van der Waals surface area contributed by atoms with Crippen molar-refractivity contribution >= 4 is 51.8 Å². The van der Waals surface area contributed by atoms with E-state index in [2.05, 4.69) is 33.3 Å². The highest BCUT2D eigenvalue weighted by molar-refractivity contribution is 7.80. The summed E-state index contributed by atoms with van der Waals surface area (Å²) in [4.78, 5) is 10.2. The highest BCUT2D eigenvalue weighted by Gasteiger charge is 2.27. The lowest BCUT2D eigenvalue weighted by Crippen LogP contribution is -2.40. The third kappa shape index (κ3) is 10.8. The molecule has 1 rings (SSSR count). The Kier molecular flexibility index (Phi) is 9.70. The van der Waals surface area contributed by atoms with Crippen molar-refractivity contribution in [2.45, 2.75) is 19.3 Å². The van der Waals surface area contributed by atoms with Gasteiger partial charge in [0.15, 0.2) is 10.2 Å². The van der Waals surface area contributed by atoms with E-state index >= 15 is 0 Å². The molecule has 0 aliphatic carbocycles. The van der Waals surface area contributed by atoms with Crippen LogP contribution in [0, 0.1) is 10.1 Å². The molecule has 1 aromatic rings. The first kappa shape index (κ1) is 27.0. The normalized spacial score (nSPS) is 12.7. The van der Waals surface area contributed by atoms with Crippen molar-refractivity contribution < 1.29 is 31.3 Å². The number of thiocarbonyl (C=S) groups is 2. The Morgan fingerprint density at radius 3 is 1.78 bits per heavy atom. The van der Waals surface area contributed by atoms with E-state index in [9.17, 15) is 36.5 Å². The maximum Gasteiger partial charge on any atom is 0.405 e. The number of nitrogens with zero attached hydrogens (tertiary/aromatic N) is 3. The van der Waals surface area contributed by atoms with Crippen molar-refractivity contribution in [1.82, 2.24) is 21.5 Å². The van der Waals surface area contributed by atoms with Crippen molar-refractivity contribution in [3.63, 3.8) is 0 Å². The van der Waals surface area contributed by atoms with Gasteiger partial charge in [-0.15, -0.1) is 0 Å². The summed E-state index contributed by atoms with van der Waals surface area (Å²) in [6, 6.07) is 4.84. The Morgan fingerprint density at radius 1 is 0.938 bits per heavy atom. The molecule has 0 amide bonds. The van der Waals surface area contributed by atoms with Crippen molar-refractivity contribution in [3.8, 4) is 0 Å². The van der Waals surface area contributed by atoms with Crippen LogP contribution in [0.15, 0.2) is 34.5 Å². The Labute approximate surface area is 187 Å². The number of hydrogen-bond acceptors (Lipinski definition) is 6. The molecular weight excluding hydrogens is 488 g/mol. The SMILES string of the molecule is CC(=N\NC(=S)NCC(F)(F)F)/C(=N/NC(=S)NCC(F)(F)F)c1ccc([N+](=O)[O-])cc1. The third-order valence-corrected chi connectivity index (χ3v) is 3.66. The van der Waals surface area contributed by atoms with E-state index in [4.69, 9.17) is 12.2 Å². The maximum atomic E-state index is 12.3. The molecule has 176 valence electrons. The molecule has 0 atom stereocenters. The average molecular weight is 503 g/mol. The largest absolute Gasteiger partial charge is 0.405 e. The van der Waals surface area contributed by atoms with Crippen molar-refractivity contribution in [1.29, 1.82) is 0 Å². The van der Waals surface area contributed by atoms with Crippen molar-refractivity contribution in [2.75, 3.05) is 13.1 Å². The zero-order valence-electron chi connectivity index (χ0n) is 16.0. The Hall–Kier alpha value is -3.08. The molecule has 32 heavy (non-hydrogen) atoms. The topological polar surface area (TPSA) is 116 Å². The first-order chi connectivity index (χ1) is 14.7. The molecule has 17 heteroatoms. The van der Waals surface area contributed by atoms with Gasteiger partial charge in [0.05, 0.1) is 10.6 Å². The minimum Gasteiger partial charge on any atom is -0.352 e. The summed E-state index contributed by atoms with van der Waals surface area (Å²) in [6.45, 7) is -1.47. The first-order valence-corrected chi connectivity index (χ1v) is 9.08. The van der Waals surface area contributed by atoms with Gasteiger partial charge < -0.3 is 10.6 Å². The lowest BCUT2D eigenvalue weighted by atomic mass is 10.1. The summed E-state index contributed by atoms with van der Waals surface area (Å²) >= 11 is 9.36. The highest BCUT2D eigenvalue weighted by atomic mass is 32.1. The third-order valence-electron chi connectivity index (χ3n) is 3.19. The molecular formula is C15H15F6N7O2S2. The molecule has 0 fully saturated rings. The summed E-state index contributed by atoms with van der Waals surface area (Å²) in [7, 11) is 0. The van der Waals surface area contributed by atoms with Gasteiger partial charge in [-0.2, -0.15) is 36.5 Å². The molecule has 0 unspecified atom stereocenters. The highest BCUT2D eigenvalue weighted by Crippen LogP contribution is 2.14. The van der Waals surface area contributed by atoms with Crippen molar-refractivity contribution in [3.05, 3.63) is 39.9 Å². The fourth-order valence-electron chi connectivity index (χ4n) is 1.83. The van der Waals surface area contributed by atoms with Gasteiger partial charge in [-0.25, -0.2) is 0 Å². The van der Waals surface area contributed by atoms with E-state index in [0.29, 0.717) is 0 Å². The number of alkyl halides is 6. The maximum absolute atomic E-state index is 12.3. The van der Waals surface area contributed by atoms with Crippen LogP contribution in [0.1, 0.15) is 12.5 Å². The average Bonchev–Trinajstić information content (AvgIpc) is 2.68. The predicted molar refractivity (Wildman–Crippen MR) is 112 cm³/mol. The summed E-state index contributed by atoms with van der Waals surface area (Å²) in [6.07, 6.45) is -9.05. The lowest BCUT2D eigenvalue weighted by Gasteiger charge is -2.12. The van der Waals surface area contributed by atoms with Crippen LogP contribution in [0.4, 0.5) is 32.0 Å². The number of hydrazone groups is 2. The van der Waals surface area contributed by atoms with Crippen LogP contribution in [0.3, 0.4) is 0 Å². The summed E-state index contributed by atoms with van der Waals surface area (Å²) < 4.78 is 73.5. The van der Waals surface area contributed by atoms with Crippen LogP contribution in [-0.4, -0.2) is 52.0 Å². The lowest BCUT2D eigenvalue weighted by molar-refractivity contribution is -0.384. The number of nitro benzene ring substituents is 1. The molecule has 0 aromatic heterocycles. The van der Waals surface area contributed by atoms with E-state index in [0.717, 1.165) is 12.1 Å². The zero-order valence-corrected chi connectivity index (χ0v) is 17.6. The van der Waals surface area contributed by atoms with Gasteiger partial charge in [0.25, 0.3) is 5.69 Å². The molecule has 0 heterocycles. The summed E-state index contributed by atoms with van der Waals surface area (Å²) in [5.41, 5.74) is 4.30. The van der Waals surface area contributed by atoms with Crippen LogP contribution in [0.25, 0.3) is 0 Å². The number of halogens is 6. The van der Waals surface area contributed by atoms with Crippen molar-refractivity contribution in [2.24, 2.45) is 10.2 Å². The van der Waals surface area contributed by atoms with Gasteiger partial charge in [0.1, 0.15) is 18.8 Å². The number of nitrogens with one attached hydrogen (secondary N) is 4. The van der Waals surface area contributed by atoms with Gasteiger partial charge in [-0.05, 0) is 43.5 Å². The Bertz CT molecular complexity index is 901. The molecule has 0 saturated carbocycles. The molecule has 0 spiro atoms. The van der Waals surface area contributed by atoms with Gasteiger partial charge >= 0.3 is 12.4 Å². The van der Waals surface area contributed by atoms with Gasteiger partial charge in [-0.3, -0.25) is 21.0 Å². The minimum absolute atomic E-state index is 0.0149. The van der Waals surface area contributed by atoms with E-state index in [1.54, 1.807) is 0 Å². The summed E-state index contributed by atoms with van der Waals surface area (Å²) in [5.74, 6) is 0. The fraction of sp³-hybridized carbons (Fsp3) is 0.333.